The van der Waals surface area contributed by atoms with E-state index in [1.165, 1.54) is 50.2 Å². The highest BCUT2D eigenvalue weighted by Crippen LogP contribution is 2.53. The minimum Gasteiger partial charge on any atom is -0.394 e. The van der Waals surface area contributed by atoms with Crippen LogP contribution in [0.2, 0.25) is 0 Å². The number of aliphatic hydroxyl groups excluding tert-OH is 2. The van der Waals surface area contributed by atoms with E-state index in [0.717, 1.165) is 87.8 Å². The average Bonchev–Trinajstić information content (AvgIpc) is 1.71. The summed E-state index contributed by atoms with van der Waals surface area (Å²) in [5, 5.41) is 24.0. The molecule has 5 fully saturated rings. The Morgan fingerprint density at radius 2 is 0.991 bits per heavy atom. The lowest BCUT2D eigenvalue weighted by Crippen LogP contribution is -2.33. The van der Waals surface area contributed by atoms with Crippen LogP contribution in [0.5, 0.6) is 0 Å². The number of thiol groups is 1. The minimum atomic E-state index is -4.96. The number of rotatable bonds is 48. The molecule has 14 N–H and O–H groups in total. The first-order valence-corrected chi connectivity index (χ1v) is 44.5. The standard InChI is InChI=1S/C33H53N5O16P2S.C28H48N4O14P2S.C5H5NO2/c1-37-29(41)19-27(32(37)43)57-17-7-3-2-6-14-50-55(45,46)51-16-11-23-25(54-56(47,48)53-24-10-15-49-26(24)21-39)18-30(52-23)38-20-22(31(42)36-33(38)44)8-9-28(40)35-13-5-4-12-34;29-11-3-4-12-30-25(34)8-7-20-18-32(28(36)31-27(20)35)26-17-23(46-48(39,40)45-22-9-14-41-24(22)19-33)21(44-26)10-15-43-47(37,38)42-13-5-1-2-6-16-49;1-6-4(7)2-3-5(6)8/h8-9,20,23-27,30,39H,2-7,10-19,21,34H2,1H3,(H,35,40)(H,45,46)(H,47,48)(H,36,42,44);7-8,18,21-24,26,33,49H,1-6,9-17,19,29H2,(H,30,34)(H,37,38)(H,39,40)(H,31,35,36);2-3H,1H3/b9-8+;8-7+;/i15T;14T;. The summed E-state index contributed by atoms with van der Waals surface area (Å²) in [7, 11) is -16.0. The summed E-state index contributed by atoms with van der Waals surface area (Å²) in [5.41, 5.74) is 7.35. The molecule has 0 bridgehead atoms. The third kappa shape index (κ3) is 33.4. The van der Waals surface area contributed by atoms with E-state index in [1.807, 2.05) is 0 Å². The van der Waals surface area contributed by atoms with Gasteiger partial charge in [-0.25, -0.2) is 27.8 Å². The minimum absolute atomic E-state index is 0.0140. The zero-order chi connectivity index (χ0) is 85.3. The highest BCUT2D eigenvalue weighted by Gasteiger charge is 2.47. The number of carbonyl (C=O) groups is 6. The molecule has 8 rings (SSSR count). The van der Waals surface area contributed by atoms with E-state index in [1.54, 1.807) is 0 Å². The number of imide groups is 2. The van der Waals surface area contributed by atoms with Crippen LogP contribution in [-0.4, -0.2) is 253 Å². The summed E-state index contributed by atoms with van der Waals surface area (Å²) in [6.07, 6.45) is 5.35. The number of nitrogens with one attached hydrogen (secondary N) is 4. The third-order valence-electron chi connectivity index (χ3n) is 17.7. The second-order valence-electron chi connectivity index (χ2n) is 26.3. The fraction of sp³-hybridized carbons (Fsp3) is 0.697. The largest absolute Gasteiger partial charge is 0.472 e. The molecular formula is C66H106N10O32P4S2. The normalized spacial score (nSPS) is 26.6. The number of phosphoric acid groups is 4. The van der Waals surface area contributed by atoms with E-state index >= 15 is 0 Å². The molecule has 644 valence electrons. The highest BCUT2D eigenvalue weighted by atomic mass is 32.2. The zero-order valence-corrected chi connectivity index (χ0v) is 68.2. The number of aromatic amines is 2. The lowest BCUT2D eigenvalue weighted by molar-refractivity contribution is -0.137. The van der Waals surface area contributed by atoms with Crippen LogP contribution in [0.1, 0.15) is 148 Å². The van der Waals surface area contributed by atoms with Crippen molar-refractivity contribution < 1.29 is 135 Å². The van der Waals surface area contributed by atoms with Gasteiger partial charge in [0.25, 0.3) is 22.9 Å². The van der Waals surface area contributed by atoms with Crippen molar-refractivity contribution in [2.45, 2.75) is 189 Å². The molecular weight excluding hydrogens is 1630 g/mol. The molecule has 17 unspecified atom stereocenters. The monoisotopic (exact) mass is 1740 g/mol. The molecule has 0 aromatic carbocycles. The summed E-state index contributed by atoms with van der Waals surface area (Å²) in [6, 6.07) is 0. The van der Waals surface area contributed by atoms with Crippen LogP contribution in [0.15, 0.2) is 55.9 Å². The number of nitrogens with two attached hydrogens (primary N) is 2. The number of nitrogens with zero attached hydrogens (tertiary/aromatic N) is 4. The fourth-order valence-corrected chi connectivity index (χ4v) is 16.9. The number of carbonyl (C=O) groups excluding carboxylic acids is 6. The number of H-pyrrole nitrogens is 2. The third-order valence-corrected chi connectivity index (χ3v) is 23.5. The van der Waals surface area contributed by atoms with Gasteiger partial charge in [-0.2, -0.15) is 12.6 Å². The number of phosphoric ester groups is 4. The van der Waals surface area contributed by atoms with E-state index in [2.05, 4.69) is 33.2 Å². The van der Waals surface area contributed by atoms with Crippen LogP contribution in [0.4, 0.5) is 0 Å². The first kappa shape index (κ1) is 94.1. The van der Waals surface area contributed by atoms with Crippen LogP contribution >= 0.6 is 55.7 Å². The van der Waals surface area contributed by atoms with Crippen molar-refractivity contribution in [2.75, 3.05) is 105 Å². The Morgan fingerprint density at radius 3 is 1.38 bits per heavy atom. The van der Waals surface area contributed by atoms with Gasteiger partial charge in [-0.05, 0) is 88.1 Å². The number of likely N-dealkylation sites (tertiary alicyclic amines) is 1. The Kier molecular flexibility index (Phi) is 40.7. The Hall–Kier alpha value is -5.38. The Labute approximate surface area is 668 Å². The van der Waals surface area contributed by atoms with Gasteiger partial charge in [0.1, 0.15) is 49.1 Å². The van der Waals surface area contributed by atoms with Gasteiger partial charge in [0, 0.05) is 122 Å². The Bertz CT molecular complexity index is 4090. The van der Waals surface area contributed by atoms with Gasteiger partial charge in [-0.3, -0.25) is 103 Å². The lowest BCUT2D eigenvalue weighted by Gasteiger charge is -2.24. The number of hydrogen-bond acceptors (Lipinski definition) is 32. The second kappa shape index (κ2) is 49.2. The molecule has 6 aliphatic heterocycles. The van der Waals surface area contributed by atoms with Crippen molar-refractivity contribution in [1.82, 2.24) is 39.5 Å². The number of thioether (sulfide) groups is 1. The van der Waals surface area contributed by atoms with Crippen molar-refractivity contribution >= 4 is 103 Å². The van der Waals surface area contributed by atoms with Gasteiger partial charge in [0.15, 0.2) is 0 Å². The Morgan fingerprint density at radius 1 is 0.579 bits per heavy atom. The number of unbranched alkanes of at least 4 members (excludes halogenated alkanes) is 8. The number of hydrogen-bond donors (Lipinski definition) is 13. The number of amides is 6. The van der Waals surface area contributed by atoms with E-state index in [9.17, 15) is 96.0 Å². The smallest absolute Gasteiger partial charge is 0.394 e. The second-order valence-corrected chi connectivity index (χ2v) is 33.7. The van der Waals surface area contributed by atoms with Gasteiger partial charge in [-0.15, -0.1) is 11.8 Å². The van der Waals surface area contributed by atoms with Gasteiger partial charge in [0.05, 0.1) is 71.0 Å². The number of ether oxygens (including phenoxy) is 4. The maximum absolute atomic E-state index is 13.2. The quantitative estimate of drug-likeness (QED) is 0.0148. The van der Waals surface area contributed by atoms with E-state index in [-0.39, 0.29) is 98.2 Å². The first-order chi connectivity index (χ1) is 55.0. The van der Waals surface area contributed by atoms with Gasteiger partial charge in [0.2, 0.25) is 23.6 Å². The maximum atomic E-state index is 13.2. The summed E-state index contributed by atoms with van der Waals surface area (Å²) in [6.45, 7) is -2.67. The molecule has 2 aromatic heterocycles. The van der Waals surface area contributed by atoms with Crippen molar-refractivity contribution in [3.05, 3.63) is 89.5 Å². The molecule has 42 nitrogen and oxygen atoms in total. The molecule has 0 aliphatic carbocycles. The van der Waals surface area contributed by atoms with Crippen LogP contribution in [0.25, 0.3) is 12.2 Å². The molecule has 8 heterocycles. The molecule has 2 aromatic rings. The lowest BCUT2D eigenvalue weighted by atomic mass is 10.1. The molecule has 17 atom stereocenters. The molecule has 48 heteroatoms. The highest BCUT2D eigenvalue weighted by molar-refractivity contribution is 8.00. The van der Waals surface area contributed by atoms with Crippen LogP contribution < -0.4 is 44.6 Å². The number of aliphatic hydroxyl groups is 2. The number of aromatic nitrogens is 4. The predicted molar refractivity (Wildman–Crippen MR) is 411 cm³/mol. The molecule has 0 radical (unpaired) electrons. The van der Waals surface area contributed by atoms with Gasteiger partial charge in [-0.1, -0.05) is 25.7 Å². The van der Waals surface area contributed by atoms with Crippen molar-refractivity contribution in [3.63, 3.8) is 0 Å². The molecule has 0 saturated carbocycles. The van der Waals surface area contributed by atoms with Gasteiger partial charge < -0.3 is 70.8 Å². The number of likely N-dealkylation sites (N-methyl/N-ethyl adjacent to an activating group) is 1. The fourth-order valence-electron chi connectivity index (χ4n) is 11.5. The summed E-state index contributed by atoms with van der Waals surface area (Å²) >= 11 is 5.57. The SMILES string of the molecule is CN1C(=O)C=CC1=O.[3H]C1CC(OP(=O)(O)OC2CC(n3cc(/C=C/C(=O)NCCCCN)c(=O)[nH]c3=O)OC2CCOP(=O)(O)OCCCCCCS)C(CO)O1.[3H]C1CC(OP(=O)(O)OC2CC(n3cc(/C=C/C(=O)NCCCCN)c(=O)[nH]c3=O)OC2CCOP(=O)(O)OCCCCCCSC2CC(=O)N(C)C2=O)C(CO)O1. The van der Waals surface area contributed by atoms with E-state index in [4.69, 9.17) is 69.3 Å². The van der Waals surface area contributed by atoms with Gasteiger partial charge >= 0.3 is 42.7 Å². The Balaban J connectivity index is 0.000000331. The van der Waals surface area contributed by atoms with E-state index in [0.29, 0.717) is 70.5 Å². The molecule has 114 heavy (non-hydrogen) atoms. The first-order valence-electron chi connectivity index (χ1n) is 38.0. The van der Waals surface area contributed by atoms with Crippen LogP contribution in [0.3, 0.4) is 0 Å². The topological polar surface area (TPSA) is 595 Å². The van der Waals surface area contributed by atoms with Crippen molar-refractivity contribution in [1.29, 1.82) is 0 Å². The van der Waals surface area contributed by atoms with Crippen LogP contribution in [0, 0.1) is 0 Å². The zero-order valence-electron chi connectivity index (χ0n) is 64.9. The molecule has 6 aliphatic rings. The summed E-state index contributed by atoms with van der Waals surface area (Å²) in [4.78, 5) is 168. The molecule has 5 saturated heterocycles. The predicted octanol–water partition coefficient (Wildman–Crippen LogP) is 1.82. The summed E-state index contributed by atoms with van der Waals surface area (Å²) in [5.74, 6) is -0.416. The van der Waals surface area contributed by atoms with Crippen molar-refractivity contribution in [3.8, 4) is 0 Å². The van der Waals surface area contributed by atoms with Crippen molar-refractivity contribution in [2.24, 2.45) is 11.5 Å². The average molecular weight is 1740 g/mol. The van der Waals surface area contributed by atoms with Crippen LogP contribution in [-0.2, 0) is 102 Å². The van der Waals surface area contributed by atoms with E-state index < -0.39 is 166 Å². The molecule has 0 spiro atoms. The summed E-state index contributed by atoms with van der Waals surface area (Å²) < 4.78 is 133. The maximum Gasteiger partial charge on any atom is 0.472 e. The molecule has 6 amide bonds.